The maximum absolute atomic E-state index is 14.0. The zero-order chi connectivity index (χ0) is 31.1. The Morgan fingerprint density at radius 2 is 1.67 bits per heavy atom. The number of amides is 1. The van der Waals surface area contributed by atoms with Crippen molar-refractivity contribution >= 4 is 33.2 Å². The van der Waals surface area contributed by atoms with Crippen molar-refractivity contribution in [2.24, 2.45) is 13.0 Å². The molecular formula is C33H37ClN4O4S. The molecule has 8 nitrogen and oxygen atoms in total. The molecule has 1 atom stereocenters. The van der Waals surface area contributed by atoms with Crippen molar-refractivity contribution in [2.45, 2.75) is 51.0 Å². The molecule has 5 rings (SSSR count). The average molecular weight is 621 g/mol. The molecule has 226 valence electrons. The van der Waals surface area contributed by atoms with Crippen LogP contribution in [0.15, 0.2) is 82.5 Å². The molecular weight excluding hydrogens is 584 g/mol. The van der Waals surface area contributed by atoms with Crippen molar-refractivity contribution in [3.05, 3.63) is 111 Å². The number of rotatable bonds is 10. The minimum Gasteiger partial charge on any atom is -0.335 e. The van der Waals surface area contributed by atoms with Crippen molar-refractivity contribution in [1.82, 2.24) is 14.3 Å². The molecule has 43 heavy (non-hydrogen) atoms. The van der Waals surface area contributed by atoms with Gasteiger partial charge in [-0.1, -0.05) is 59.6 Å². The predicted octanol–water partition coefficient (Wildman–Crippen LogP) is 5.75. The van der Waals surface area contributed by atoms with Gasteiger partial charge in [0.1, 0.15) is 5.69 Å². The molecule has 0 N–H and O–H groups in total. The highest BCUT2D eigenvalue weighted by molar-refractivity contribution is 7.92. The number of para-hydroxylation sites is 1. The Labute approximate surface area is 258 Å². The first-order chi connectivity index (χ1) is 20.4. The largest absolute Gasteiger partial charge is 0.335 e. The van der Waals surface area contributed by atoms with Crippen LogP contribution in [0.1, 0.15) is 46.9 Å². The number of likely N-dealkylation sites (N-methyl/N-ethyl adjacent to an activating group) is 1. The van der Waals surface area contributed by atoms with Crippen LogP contribution in [0.4, 0.5) is 5.69 Å². The second kappa shape index (κ2) is 12.1. The van der Waals surface area contributed by atoms with Crippen LogP contribution in [0.25, 0.3) is 5.69 Å². The Morgan fingerprint density at radius 3 is 2.28 bits per heavy atom. The summed E-state index contributed by atoms with van der Waals surface area (Å²) >= 11 is 6.55. The third-order valence-corrected chi connectivity index (χ3v) is 10.5. The molecule has 0 aliphatic heterocycles. The van der Waals surface area contributed by atoms with Crippen molar-refractivity contribution < 1.29 is 13.2 Å². The SMILES string of the molecule is CCN(C(=O)c1cc(S(=O)(=O)N(C)c2c(C)n(C)n(-c3ccccc3)c2=O)ccc1Cl)C(Cc1ccc(C)cc1)C1CC1. The molecule has 1 amide bonds. The van der Waals surface area contributed by atoms with Gasteiger partial charge in [-0.3, -0.25) is 18.6 Å². The van der Waals surface area contributed by atoms with Gasteiger partial charge >= 0.3 is 0 Å². The number of hydrogen-bond acceptors (Lipinski definition) is 4. The van der Waals surface area contributed by atoms with E-state index in [2.05, 4.69) is 24.3 Å². The van der Waals surface area contributed by atoms with E-state index in [1.54, 1.807) is 30.8 Å². The minimum absolute atomic E-state index is 0.0243. The lowest BCUT2D eigenvalue weighted by molar-refractivity contribution is 0.0666. The third kappa shape index (κ3) is 5.88. The van der Waals surface area contributed by atoms with Crippen LogP contribution < -0.4 is 9.86 Å². The van der Waals surface area contributed by atoms with Gasteiger partial charge in [-0.25, -0.2) is 13.1 Å². The molecule has 0 radical (unpaired) electrons. The van der Waals surface area contributed by atoms with Crippen LogP contribution >= 0.6 is 11.6 Å². The number of benzene rings is 3. The van der Waals surface area contributed by atoms with Gasteiger partial charge in [-0.05, 0) is 81.8 Å². The molecule has 0 bridgehead atoms. The Kier molecular flexibility index (Phi) is 8.58. The second-order valence-corrected chi connectivity index (χ2v) is 13.6. The summed E-state index contributed by atoms with van der Waals surface area (Å²) in [7, 11) is -1.17. The van der Waals surface area contributed by atoms with Gasteiger partial charge in [0.2, 0.25) is 0 Å². The number of aryl methyl sites for hydroxylation is 1. The zero-order valence-corrected chi connectivity index (χ0v) is 26.7. The van der Waals surface area contributed by atoms with Gasteiger partial charge in [0.05, 0.1) is 26.9 Å². The van der Waals surface area contributed by atoms with Crippen molar-refractivity contribution in [1.29, 1.82) is 0 Å². The first-order valence-corrected chi connectivity index (χ1v) is 16.3. The summed E-state index contributed by atoms with van der Waals surface area (Å²) in [5, 5.41) is 0.178. The van der Waals surface area contributed by atoms with Crippen LogP contribution in [0, 0.1) is 19.8 Å². The average Bonchev–Trinajstić information content (AvgIpc) is 3.81. The van der Waals surface area contributed by atoms with E-state index in [-0.39, 0.29) is 33.1 Å². The molecule has 1 aromatic heterocycles. The fourth-order valence-electron chi connectivity index (χ4n) is 5.69. The number of carbonyl (C=O) groups excluding carboxylic acids is 1. The van der Waals surface area contributed by atoms with E-state index in [0.717, 1.165) is 22.7 Å². The van der Waals surface area contributed by atoms with E-state index in [1.165, 1.54) is 35.5 Å². The third-order valence-electron chi connectivity index (χ3n) is 8.40. The fourth-order valence-corrected chi connectivity index (χ4v) is 7.16. The molecule has 1 heterocycles. The molecule has 10 heteroatoms. The summed E-state index contributed by atoms with van der Waals surface area (Å²) in [5.41, 5.74) is 3.10. The molecule has 0 spiro atoms. The smallest absolute Gasteiger partial charge is 0.296 e. The summed E-state index contributed by atoms with van der Waals surface area (Å²) < 4.78 is 31.9. The van der Waals surface area contributed by atoms with E-state index >= 15 is 0 Å². The van der Waals surface area contributed by atoms with E-state index in [0.29, 0.717) is 30.3 Å². The first-order valence-electron chi connectivity index (χ1n) is 14.4. The molecule has 0 saturated heterocycles. The van der Waals surface area contributed by atoms with Gasteiger partial charge in [0.15, 0.2) is 0 Å². The summed E-state index contributed by atoms with van der Waals surface area (Å²) in [6, 6.07) is 21.5. The lowest BCUT2D eigenvalue weighted by atomic mass is 9.98. The van der Waals surface area contributed by atoms with Gasteiger partial charge < -0.3 is 4.90 Å². The number of carbonyl (C=O) groups is 1. The standard InChI is InChI=1S/C33H37ClN4O4S/c1-6-37(30(25-16-17-25)20-24-14-12-22(2)13-15-24)32(39)28-21-27(18-19-29(28)34)43(41,42)36(5)31-23(3)35(4)38(33(31)40)26-10-8-7-9-11-26/h7-15,18-19,21,25,30H,6,16-17,20H2,1-5H3. The van der Waals surface area contributed by atoms with Crippen LogP contribution in [-0.4, -0.2) is 48.2 Å². The minimum atomic E-state index is -4.23. The van der Waals surface area contributed by atoms with E-state index < -0.39 is 15.6 Å². The Bertz CT molecular complexity index is 1810. The lowest BCUT2D eigenvalue weighted by Crippen LogP contribution is -2.43. The van der Waals surface area contributed by atoms with E-state index in [9.17, 15) is 18.0 Å². The van der Waals surface area contributed by atoms with Crippen LogP contribution in [0.3, 0.4) is 0 Å². The quantitative estimate of drug-likeness (QED) is 0.226. The maximum atomic E-state index is 14.0. The van der Waals surface area contributed by atoms with Gasteiger partial charge in [0.25, 0.3) is 21.5 Å². The van der Waals surface area contributed by atoms with Gasteiger partial charge in [0, 0.05) is 26.7 Å². The number of anilines is 1. The molecule has 3 aromatic carbocycles. The lowest BCUT2D eigenvalue weighted by Gasteiger charge is -2.32. The Hall–Kier alpha value is -3.82. The molecule has 1 saturated carbocycles. The monoisotopic (exact) mass is 620 g/mol. The zero-order valence-electron chi connectivity index (χ0n) is 25.1. The van der Waals surface area contributed by atoms with Crippen LogP contribution in [-0.2, 0) is 23.5 Å². The summed E-state index contributed by atoms with van der Waals surface area (Å²) in [5.74, 6) is 0.0772. The highest BCUT2D eigenvalue weighted by Crippen LogP contribution is 2.38. The summed E-state index contributed by atoms with van der Waals surface area (Å²) in [6.45, 7) is 6.13. The predicted molar refractivity (Wildman–Crippen MR) is 171 cm³/mol. The molecule has 1 fully saturated rings. The highest BCUT2D eigenvalue weighted by atomic mass is 35.5. The van der Waals surface area contributed by atoms with Crippen molar-refractivity contribution in [3.63, 3.8) is 0 Å². The Morgan fingerprint density at radius 1 is 1.02 bits per heavy atom. The highest BCUT2D eigenvalue weighted by Gasteiger charge is 2.38. The fraction of sp³-hybridized carbons (Fsp3) is 0.333. The molecule has 4 aromatic rings. The van der Waals surface area contributed by atoms with E-state index in [1.807, 2.05) is 36.9 Å². The van der Waals surface area contributed by atoms with Crippen LogP contribution in [0.5, 0.6) is 0 Å². The van der Waals surface area contributed by atoms with Gasteiger partial charge in [-0.2, -0.15) is 0 Å². The first kappa shape index (κ1) is 30.6. The number of sulfonamides is 1. The normalized spacial score (nSPS) is 14.0. The molecule has 1 unspecified atom stereocenters. The number of nitrogens with zero attached hydrogens (tertiary/aromatic N) is 4. The number of halogens is 1. The Balaban J connectivity index is 1.49. The number of hydrogen-bond donors (Lipinski definition) is 0. The number of aromatic nitrogens is 2. The second-order valence-electron chi connectivity index (χ2n) is 11.2. The van der Waals surface area contributed by atoms with E-state index in [4.69, 9.17) is 11.6 Å². The van der Waals surface area contributed by atoms with Crippen LogP contribution in [0.2, 0.25) is 5.02 Å². The topological polar surface area (TPSA) is 84.6 Å². The maximum Gasteiger partial charge on any atom is 0.296 e. The van der Waals surface area contributed by atoms with Gasteiger partial charge in [-0.15, -0.1) is 0 Å². The summed E-state index contributed by atoms with van der Waals surface area (Å²) in [4.78, 5) is 29.3. The summed E-state index contributed by atoms with van der Waals surface area (Å²) in [6.07, 6.45) is 2.80. The molecule has 1 aliphatic rings. The molecule has 1 aliphatic carbocycles. The van der Waals surface area contributed by atoms with Crippen molar-refractivity contribution in [2.75, 3.05) is 17.9 Å². The van der Waals surface area contributed by atoms with Crippen molar-refractivity contribution in [3.8, 4) is 5.69 Å².